The molecule has 0 spiro atoms. The number of anilines is 3. The summed E-state index contributed by atoms with van der Waals surface area (Å²) in [5.74, 6) is -0.413. The van der Waals surface area contributed by atoms with Gasteiger partial charge >= 0.3 is 6.03 Å². The summed E-state index contributed by atoms with van der Waals surface area (Å²) in [7, 11) is 0. The molecule has 0 aromatic heterocycles. The monoisotopic (exact) mass is 366 g/mol. The quantitative estimate of drug-likeness (QED) is 0.649. The predicted molar refractivity (Wildman–Crippen MR) is 109 cm³/mol. The molecule has 0 radical (unpaired) electrons. The van der Waals surface area contributed by atoms with Crippen LogP contribution in [0.1, 0.15) is 30.9 Å². The van der Waals surface area contributed by atoms with Gasteiger partial charge in [0.2, 0.25) is 5.91 Å². The minimum atomic E-state index is -0.298. The number of rotatable bonds is 5. The Balaban J connectivity index is 1.65. The van der Waals surface area contributed by atoms with Gasteiger partial charge in [0.05, 0.1) is 0 Å². The van der Waals surface area contributed by atoms with Crippen molar-refractivity contribution < 1.29 is 9.59 Å². The zero-order chi connectivity index (χ0) is 19.2. The fraction of sp³-hybridized carbons (Fsp3) is 0.333. The van der Waals surface area contributed by atoms with Crippen molar-refractivity contribution in [2.45, 2.75) is 32.6 Å². The predicted octanol–water partition coefficient (Wildman–Crippen LogP) is 3.74. The zero-order valence-electron chi connectivity index (χ0n) is 15.5. The van der Waals surface area contributed by atoms with E-state index < -0.39 is 0 Å². The highest BCUT2D eigenvalue weighted by molar-refractivity contribution is 6.01. The molecule has 142 valence electrons. The average molecular weight is 366 g/mol. The van der Waals surface area contributed by atoms with Gasteiger partial charge in [0, 0.05) is 29.5 Å². The SMILES string of the molecule is CC(CN)C(=O)Nc1cccc(NC(=O)Nc2cccc3c2CCCC3)c1. The van der Waals surface area contributed by atoms with Crippen molar-refractivity contribution in [3.05, 3.63) is 53.6 Å². The van der Waals surface area contributed by atoms with Gasteiger partial charge in [0.25, 0.3) is 0 Å². The van der Waals surface area contributed by atoms with Crippen molar-refractivity contribution in [2.75, 3.05) is 22.5 Å². The van der Waals surface area contributed by atoms with Gasteiger partial charge in [-0.2, -0.15) is 0 Å². The second kappa shape index (κ2) is 8.68. The van der Waals surface area contributed by atoms with Gasteiger partial charge in [-0.15, -0.1) is 0 Å². The van der Waals surface area contributed by atoms with Crippen LogP contribution in [0.25, 0.3) is 0 Å². The van der Waals surface area contributed by atoms with Gasteiger partial charge in [-0.1, -0.05) is 25.1 Å². The Morgan fingerprint density at radius 1 is 1.00 bits per heavy atom. The van der Waals surface area contributed by atoms with Crippen LogP contribution in [0.2, 0.25) is 0 Å². The molecule has 6 nitrogen and oxygen atoms in total. The third kappa shape index (κ3) is 4.86. The van der Waals surface area contributed by atoms with E-state index in [1.807, 2.05) is 12.1 Å². The normalized spacial score (nSPS) is 14.0. The Morgan fingerprint density at radius 2 is 1.70 bits per heavy atom. The molecule has 5 N–H and O–H groups in total. The van der Waals surface area contributed by atoms with Crippen LogP contribution in [0, 0.1) is 5.92 Å². The first-order valence-corrected chi connectivity index (χ1v) is 9.36. The van der Waals surface area contributed by atoms with Crippen LogP contribution in [0.3, 0.4) is 0 Å². The maximum atomic E-state index is 12.4. The second-order valence-corrected chi connectivity index (χ2v) is 6.94. The van der Waals surface area contributed by atoms with Crippen LogP contribution < -0.4 is 21.7 Å². The first-order valence-electron chi connectivity index (χ1n) is 9.36. The second-order valence-electron chi connectivity index (χ2n) is 6.94. The first-order chi connectivity index (χ1) is 13.1. The number of hydrogen-bond donors (Lipinski definition) is 4. The summed E-state index contributed by atoms with van der Waals surface area (Å²) in [6.07, 6.45) is 4.41. The molecular formula is C21H26N4O2. The maximum absolute atomic E-state index is 12.4. The number of nitrogens with two attached hydrogens (primary N) is 1. The number of carbonyl (C=O) groups excluding carboxylic acids is 2. The van der Waals surface area contributed by atoms with Crippen LogP contribution in [0.5, 0.6) is 0 Å². The van der Waals surface area contributed by atoms with Gasteiger partial charge in [0.1, 0.15) is 0 Å². The number of nitrogens with one attached hydrogen (secondary N) is 3. The summed E-state index contributed by atoms with van der Waals surface area (Å²) in [4.78, 5) is 24.4. The first kappa shape index (κ1) is 18.9. The molecule has 0 saturated heterocycles. The molecule has 3 amide bonds. The van der Waals surface area contributed by atoms with E-state index in [0.717, 1.165) is 24.9 Å². The molecule has 0 saturated carbocycles. The number of fused-ring (bicyclic) bond motifs is 1. The minimum Gasteiger partial charge on any atom is -0.330 e. The van der Waals surface area contributed by atoms with Crippen molar-refractivity contribution >= 4 is 29.0 Å². The molecule has 0 fully saturated rings. The van der Waals surface area contributed by atoms with E-state index in [4.69, 9.17) is 5.73 Å². The van der Waals surface area contributed by atoms with E-state index in [9.17, 15) is 9.59 Å². The van der Waals surface area contributed by atoms with E-state index in [1.165, 1.54) is 17.5 Å². The molecule has 0 heterocycles. The highest BCUT2D eigenvalue weighted by atomic mass is 16.2. The van der Waals surface area contributed by atoms with Crippen molar-refractivity contribution in [2.24, 2.45) is 11.7 Å². The summed E-state index contributed by atoms with van der Waals surface area (Å²) in [5, 5.41) is 8.59. The lowest BCUT2D eigenvalue weighted by Gasteiger charge is -2.19. The van der Waals surface area contributed by atoms with Gasteiger partial charge in [-0.3, -0.25) is 4.79 Å². The van der Waals surface area contributed by atoms with E-state index in [-0.39, 0.29) is 24.4 Å². The lowest BCUT2D eigenvalue weighted by Crippen LogP contribution is -2.26. The van der Waals surface area contributed by atoms with Crippen molar-refractivity contribution in [1.82, 2.24) is 0 Å². The number of aryl methyl sites for hydroxylation is 1. The molecule has 6 heteroatoms. The van der Waals surface area contributed by atoms with Crippen molar-refractivity contribution in [3.8, 4) is 0 Å². The van der Waals surface area contributed by atoms with E-state index in [2.05, 4.69) is 22.0 Å². The summed E-state index contributed by atoms with van der Waals surface area (Å²) < 4.78 is 0. The Morgan fingerprint density at radius 3 is 2.48 bits per heavy atom. The molecular weight excluding hydrogens is 340 g/mol. The lowest BCUT2D eigenvalue weighted by atomic mass is 9.90. The topological polar surface area (TPSA) is 96.2 Å². The molecule has 1 aliphatic rings. The highest BCUT2D eigenvalue weighted by Gasteiger charge is 2.15. The highest BCUT2D eigenvalue weighted by Crippen LogP contribution is 2.28. The van der Waals surface area contributed by atoms with Crippen LogP contribution in [0.4, 0.5) is 21.9 Å². The smallest absolute Gasteiger partial charge is 0.323 e. The molecule has 1 aliphatic carbocycles. The minimum absolute atomic E-state index is 0.144. The Labute approximate surface area is 159 Å². The summed E-state index contributed by atoms with van der Waals surface area (Å²) in [5.41, 5.74) is 10.2. The van der Waals surface area contributed by atoms with Gasteiger partial charge in [-0.25, -0.2) is 4.79 Å². The molecule has 1 unspecified atom stereocenters. The lowest BCUT2D eigenvalue weighted by molar-refractivity contribution is -0.119. The summed E-state index contributed by atoms with van der Waals surface area (Å²) in [6.45, 7) is 2.05. The number of amides is 3. The van der Waals surface area contributed by atoms with E-state index >= 15 is 0 Å². The molecule has 2 aromatic carbocycles. The fourth-order valence-corrected chi connectivity index (χ4v) is 3.23. The maximum Gasteiger partial charge on any atom is 0.323 e. The standard InChI is InChI=1S/C21H26N4O2/c1-14(13-22)20(26)23-16-8-5-9-17(12-16)24-21(27)25-19-11-4-7-15-6-2-3-10-18(15)19/h4-5,7-9,11-12,14H,2-3,6,10,13,22H2,1H3,(H,23,26)(H2,24,25,27). The largest absolute Gasteiger partial charge is 0.330 e. The molecule has 2 aromatic rings. The van der Waals surface area contributed by atoms with Crippen LogP contribution in [-0.4, -0.2) is 18.5 Å². The van der Waals surface area contributed by atoms with Gasteiger partial charge in [0.15, 0.2) is 0 Å². The van der Waals surface area contributed by atoms with Gasteiger partial charge < -0.3 is 21.7 Å². The van der Waals surface area contributed by atoms with E-state index in [0.29, 0.717) is 11.4 Å². The summed E-state index contributed by atoms with van der Waals surface area (Å²) >= 11 is 0. The third-order valence-corrected chi connectivity index (χ3v) is 4.83. The Hall–Kier alpha value is -2.86. The molecule has 0 aliphatic heterocycles. The number of urea groups is 1. The van der Waals surface area contributed by atoms with Crippen LogP contribution in [0.15, 0.2) is 42.5 Å². The van der Waals surface area contributed by atoms with Crippen LogP contribution in [-0.2, 0) is 17.6 Å². The summed E-state index contributed by atoms with van der Waals surface area (Å²) in [6, 6.07) is 12.8. The fourth-order valence-electron chi connectivity index (χ4n) is 3.23. The number of carbonyl (C=O) groups is 2. The molecule has 3 rings (SSSR count). The van der Waals surface area contributed by atoms with Crippen molar-refractivity contribution in [1.29, 1.82) is 0 Å². The zero-order valence-corrected chi connectivity index (χ0v) is 15.5. The van der Waals surface area contributed by atoms with Crippen molar-refractivity contribution in [3.63, 3.8) is 0 Å². The van der Waals surface area contributed by atoms with Crippen LogP contribution >= 0.6 is 0 Å². The average Bonchev–Trinajstić information content (AvgIpc) is 2.67. The number of benzene rings is 2. The Kier molecular flexibility index (Phi) is 6.08. The van der Waals surface area contributed by atoms with Gasteiger partial charge in [-0.05, 0) is 61.1 Å². The van der Waals surface area contributed by atoms with E-state index in [1.54, 1.807) is 31.2 Å². The molecule has 1 atom stereocenters. The third-order valence-electron chi connectivity index (χ3n) is 4.83. The molecule has 27 heavy (non-hydrogen) atoms. The molecule has 0 bridgehead atoms. The number of hydrogen-bond acceptors (Lipinski definition) is 3. The Bertz CT molecular complexity index is 835.